The van der Waals surface area contributed by atoms with Crippen molar-refractivity contribution in [2.24, 2.45) is 0 Å². The molecule has 1 heterocycles. The standard InChI is InChI=1S/C20H19FN2O2/c1-2-25-18-9-4-3-6-14(18)12-13-22-20(24)17-11-10-15-7-5-8-16(21)19(15)23-17/h3-11H,2,12-13H2,1H3,(H,22,24). The third-order valence-electron chi connectivity index (χ3n) is 3.86. The van der Waals surface area contributed by atoms with Gasteiger partial charge in [-0.05, 0) is 37.1 Å². The molecule has 0 bridgehead atoms. The van der Waals surface area contributed by atoms with E-state index in [1.807, 2.05) is 31.2 Å². The maximum atomic E-state index is 13.8. The molecule has 0 aliphatic rings. The largest absolute Gasteiger partial charge is 0.494 e. The number of aromatic nitrogens is 1. The summed E-state index contributed by atoms with van der Waals surface area (Å²) in [7, 11) is 0. The number of carbonyl (C=O) groups excluding carboxylic acids is 1. The number of ether oxygens (including phenoxy) is 1. The van der Waals surface area contributed by atoms with Crippen LogP contribution in [0.2, 0.25) is 0 Å². The molecule has 5 heteroatoms. The first-order valence-corrected chi connectivity index (χ1v) is 8.23. The molecule has 0 spiro atoms. The number of rotatable bonds is 6. The zero-order chi connectivity index (χ0) is 17.6. The fraction of sp³-hybridized carbons (Fsp3) is 0.200. The molecular formula is C20H19FN2O2. The van der Waals surface area contributed by atoms with Crippen LogP contribution in [0.25, 0.3) is 10.9 Å². The van der Waals surface area contributed by atoms with Crippen molar-refractivity contribution in [2.45, 2.75) is 13.3 Å². The van der Waals surface area contributed by atoms with Gasteiger partial charge in [0.15, 0.2) is 0 Å². The van der Waals surface area contributed by atoms with E-state index < -0.39 is 5.82 Å². The van der Waals surface area contributed by atoms with Crippen molar-refractivity contribution in [1.29, 1.82) is 0 Å². The first-order valence-electron chi connectivity index (χ1n) is 8.23. The van der Waals surface area contributed by atoms with Gasteiger partial charge in [-0.25, -0.2) is 9.37 Å². The molecule has 0 fully saturated rings. The van der Waals surface area contributed by atoms with Crippen LogP contribution in [0.1, 0.15) is 23.0 Å². The SMILES string of the molecule is CCOc1ccccc1CCNC(=O)c1ccc2cccc(F)c2n1. The molecule has 3 aromatic rings. The van der Waals surface area contributed by atoms with Crippen LogP contribution in [0.3, 0.4) is 0 Å². The van der Waals surface area contributed by atoms with Gasteiger partial charge in [0.25, 0.3) is 5.91 Å². The molecule has 0 radical (unpaired) electrons. The Labute approximate surface area is 145 Å². The fourth-order valence-corrected chi connectivity index (χ4v) is 2.65. The van der Waals surface area contributed by atoms with E-state index in [0.717, 1.165) is 11.3 Å². The molecule has 2 aromatic carbocycles. The zero-order valence-electron chi connectivity index (χ0n) is 14.0. The molecular weight excluding hydrogens is 319 g/mol. The predicted molar refractivity (Wildman–Crippen MR) is 95.3 cm³/mol. The van der Waals surface area contributed by atoms with Crippen molar-refractivity contribution in [3.8, 4) is 5.75 Å². The lowest BCUT2D eigenvalue weighted by molar-refractivity contribution is 0.0949. The summed E-state index contributed by atoms with van der Waals surface area (Å²) >= 11 is 0. The number of fused-ring (bicyclic) bond motifs is 1. The second-order valence-electron chi connectivity index (χ2n) is 5.55. The van der Waals surface area contributed by atoms with Crippen LogP contribution < -0.4 is 10.1 Å². The van der Waals surface area contributed by atoms with Crippen LogP contribution in [-0.2, 0) is 6.42 Å². The Morgan fingerprint density at radius 3 is 2.80 bits per heavy atom. The van der Waals surface area contributed by atoms with Gasteiger partial charge in [0.05, 0.1) is 6.61 Å². The van der Waals surface area contributed by atoms with Crippen molar-refractivity contribution in [2.75, 3.05) is 13.2 Å². The van der Waals surface area contributed by atoms with Gasteiger partial charge >= 0.3 is 0 Å². The molecule has 25 heavy (non-hydrogen) atoms. The summed E-state index contributed by atoms with van der Waals surface area (Å²) in [4.78, 5) is 16.4. The average molecular weight is 338 g/mol. The minimum Gasteiger partial charge on any atom is -0.494 e. The van der Waals surface area contributed by atoms with Crippen molar-refractivity contribution < 1.29 is 13.9 Å². The molecule has 0 atom stereocenters. The number of halogens is 1. The number of hydrogen-bond donors (Lipinski definition) is 1. The van der Waals surface area contributed by atoms with Gasteiger partial charge in [-0.1, -0.05) is 36.4 Å². The van der Waals surface area contributed by atoms with E-state index in [1.54, 1.807) is 24.3 Å². The predicted octanol–water partition coefficient (Wildman–Crippen LogP) is 3.75. The summed E-state index contributed by atoms with van der Waals surface area (Å²) in [5, 5.41) is 3.49. The Morgan fingerprint density at radius 1 is 1.12 bits per heavy atom. The number of pyridine rings is 1. The molecule has 0 unspecified atom stereocenters. The van der Waals surface area contributed by atoms with Gasteiger partial charge in [0, 0.05) is 11.9 Å². The quantitative estimate of drug-likeness (QED) is 0.745. The lowest BCUT2D eigenvalue weighted by atomic mass is 10.1. The maximum absolute atomic E-state index is 13.8. The van der Waals surface area contributed by atoms with Crippen LogP contribution in [0.4, 0.5) is 4.39 Å². The number of para-hydroxylation sites is 2. The summed E-state index contributed by atoms with van der Waals surface area (Å²) in [6, 6.07) is 15.8. The molecule has 0 saturated heterocycles. The van der Waals surface area contributed by atoms with Crippen LogP contribution in [-0.4, -0.2) is 24.0 Å². The molecule has 1 aromatic heterocycles. The highest BCUT2D eigenvalue weighted by Crippen LogP contribution is 2.18. The van der Waals surface area contributed by atoms with E-state index in [-0.39, 0.29) is 17.1 Å². The summed E-state index contributed by atoms with van der Waals surface area (Å²) in [5.41, 5.74) is 1.44. The number of carbonyl (C=O) groups is 1. The zero-order valence-corrected chi connectivity index (χ0v) is 14.0. The van der Waals surface area contributed by atoms with Crippen molar-refractivity contribution in [3.63, 3.8) is 0 Å². The molecule has 4 nitrogen and oxygen atoms in total. The van der Waals surface area contributed by atoms with Crippen LogP contribution in [0.15, 0.2) is 54.6 Å². The summed E-state index contributed by atoms with van der Waals surface area (Å²) in [6.45, 7) is 2.97. The Kier molecular flexibility index (Phi) is 5.23. The number of nitrogens with one attached hydrogen (secondary N) is 1. The number of benzene rings is 2. The Balaban J connectivity index is 1.66. The fourth-order valence-electron chi connectivity index (χ4n) is 2.65. The molecule has 0 saturated carbocycles. The maximum Gasteiger partial charge on any atom is 0.269 e. The van der Waals surface area contributed by atoms with Gasteiger partial charge in [-0.3, -0.25) is 4.79 Å². The van der Waals surface area contributed by atoms with Crippen molar-refractivity contribution in [1.82, 2.24) is 10.3 Å². The minimum absolute atomic E-state index is 0.204. The number of amides is 1. The molecule has 0 aliphatic carbocycles. The molecule has 128 valence electrons. The number of hydrogen-bond acceptors (Lipinski definition) is 3. The molecule has 1 amide bonds. The third kappa shape index (κ3) is 3.94. The second kappa shape index (κ2) is 7.75. The highest BCUT2D eigenvalue weighted by molar-refractivity contribution is 5.94. The monoisotopic (exact) mass is 338 g/mol. The normalized spacial score (nSPS) is 10.6. The first-order chi connectivity index (χ1) is 12.2. The van der Waals surface area contributed by atoms with Gasteiger partial charge in [0.2, 0.25) is 0 Å². The van der Waals surface area contributed by atoms with E-state index in [0.29, 0.717) is 25.0 Å². The van der Waals surface area contributed by atoms with Crippen LogP contribution >= 0.6 is 0 Å². The topological polar surface area (TPSA) is 51.2 Å². The first kappa shape index (κ1) is 16.9. The van der Waals surface area contributed by atoms with E-state index in [9.17, 15) is 9.18 Å². The minimum atomic E-state index is -0.433. The highest BCUT2D eigenvalue weighted by atomic mass is 19.1. The summed E-state index contributed by atoms with van der Waals surface area (Å²) < 4.78 is 19.4. The van der Waals surface area contributed by atoms with Crippen molar-refractivity contribution >= 4 is 16.8 Å². The van der Waals surface area contributed by atoms with Crippen LogP contribution in [0.5, 0.6) is 5.75 Å². The average Bonchev–Trinajstić information content (AvgIpc) is 2.63. The van der Waals surface area contributed by atoms with E-state index >= 15 is 0 Å². The van der Waals surface area contributed by atoms with E-state index in [4.69, 9.17) is 4.74 Å². The summed E-state index contributed by atoms with van der Waals surface area (Å²) in [6.07, 6.45) is 0.643. The third-order valence-corrected chi connectivity index (χ3v) is 3.86. The Morgan fingerprint density at radius 2 is 1.96 bits per heavy atom. The van der Waals surface area contributed by atoms with Gasteiger partial charge in [-0.2, -0.15) is 0 Å². The molecule has 0 aliphatic heterocycles. The number of nitrogens with zero attached hydrogens (tertiary/aromatic N) is 1. The van der Waals surface area contributed by atoms with Gasteiger partial charge < -0.3 is 10.1 Å². The Bertz CT molecular complexity index is 896. The Hall–Kier alpha value is -2.95. The second-order valence-corrected chi connectivity index (χ2v) is 5.55. The smallest absolute Gasteiger partial charge is 0.269 e. The van der Waals surface area contributed by atoms with Crippen LogP contribution in [0, 0.1) is 5.82 Å². The molecule has 3 rings (SSSR count). The van der Waals surface area contributed by atoms with Gasteiger partial charge in [-0.15, -0.1) is 0 Å². The highest BCUT2D eigenvalue weighted by Gasteiger charge is 2.10. The van der Waals surface area contributed by atoms with E-state index in [1.165, 1.54) is 6.07 Å². The van der Waals surface area contributed by atoms with E-state index in [2.05, 4.69) is 10.3 Å². The summed E-state index contributed by atoms with van der Waals surface area (Å²) in [5.74, 6) is 0.0713. The van der Waals surface area contributed by atoms with Crippen molar-refractivity contribution in [3.05, 3.63) is 71.7 Å². The molecule has 1 N–H and O–H groups in total. The van der Waals surface area contributed by atoms with Gasteiger partial charge in [0.1, 0.15) is 22.8 Å². The lowest BCUT2D eigenvalue weighted by Crippen LogP contribution is -2.26. The lowest BCUT2D eigenvalue weighted by Gasteiger charge is -2.10.